The summed E-state index contributed by atoms with van der Waals surface area (Å²) >= 11 is 0. The minimum Gasteiger partial charge on any atom is -0.444 e. The Bertz CT molecular complexity index is 988. The van der Waals surface area contributed by atoms with Gasteiger partial charge in [-0.1, -0.05) is 30.3 Å². The van der Waals surface area contributed by atoms with Gasteiger partial charge >= 0.3 is 13.2 Å². The first kappa shape index (κ1) is 31.9. The number of ether oxygens (including phenoxy) is 2. The fraction of sp³-hybridized carbons (Fsp3) is 0.690. The quantitative estimate of drug-likeness (QED) is 0.354. The second-order valence-corrected chi connectivity index (χ2v) is 11.7. The standard InChI is InChI=1S/C29H45BN4O6/c1-22-20-34(17-18-39-22)29(2,3)15-14-24(19-31)27(35)33-16-8-7-11-25(21-33)40-28(36)32-26(30(37)38)13-12-23-9-5-4-6-10-23/h4-6,9-10,22,24-26,37-38H,7-8,11-18,20-21H2,1-3H3,(H,32,36)/t22-,24?,25-,26+/m1/s1. The number of benzene rings is 1. The van der Waals surface area contributed by atoms with E-state index in [9.17, 15) is 24.9 Å². The van der Waals surface area contributed by atoms with Crippen LogP contribution < -0.4 is 5.32 Å². The number of carbonyl (C=O) groups is 2. The fourth-order valence-corrected chi connectivity index (χ4v) is 5.49. The number of hydrogen-bond donors (Lipinski definition) is 3. The zero-order valence-corrected chi connectivity index (χ0v) is 24.1. The Balaban J connectivity index is 1.52. The van der Waals surface area contributed by atoms with Gasteiger partial charge in [-0.15, -0.1) is 0 Å². The second-order valence-electron chi connectivity index (χ2n) is 11.7. The molecule has 1 aromatic rings. The van der Waals surface area contributed by atoms with Gasteiger partial charge < -0.3 is 29.7 Å². The second kappa shape index (κ2) is 15.4. The van der Waals surface area contributed by atoms with Gasteiger partial charge in [0.15, 0.2) is 0 Å². The predicted octanol–water partition coefficient (Wildman–Crippen LogP) is 2.53. The lowest BCUT2D eigenvalue weighted by Gasteiger charge is -2.43. The van der Waals surface area contributed by atoms with Crippen LogP contribution in [-0.4, -0.2) is 95.4 Å². The van der Waals surface area contributed by atoms with Crippen molar-refractivity contribution in [1.29, 1.82) is 5.26 Å². The number of nitrogens with zero attached hydrogens (tertiary/aromatic N) is 3. The molecule has 2 aliphatic heterocycles. The number of rotatable bonds is 11. The van der Waals surface area contributed by atoms with Crippen molar-refractivity contribution in [1.82, 2.24) is 15.1 Å². The van der Waals surface area contributed by atoms with Crippen molar-refractivity contribution in [3.63, 3.8) is 0 Å². The molecule has 2 fully saturated rings. The summed E-state index contributed by atoms with van der Waals surface area (Å²) in [7, 11) is -1.73. The number of alkyl carbamates (subject to hydrolysis) is 1. The molecule has 2 aliphatic rings. The molecule has 0 aliphatic carbocycles. The molecule has 0 saturated carbocycles. The van der Waals surface area contributed by atoms with E-state index in [-0.39, 0.29) is 24.1 Å². The van der Waals surface area contributed by atoms with Gasteiger partial charge in [-0.05, 0) is 71.3 Å². The lowest BCUT2D eigenvalue weighted by Crippen LogP contribution is -2.52. The fourth-order valence-electron chi connectivity index (χ4n) is 5.49. The van der Waals surface area contributed by atoms with E-state index >= 15 is 0 Å². The molecule has 4 atom stereocenters. The molecular weight excluding hydrogens is 511 g/mol. The Morgan fingerprint density at radius 1 is 1.20 bits per heavy atom. The Morgan fingerprint density at radius 3 is 2.62 bits per heavy atom. The van der Waals surface area contributed by atoms with Crippen LogP contribution in [0.25, 0.3) is 0 Å². The minimum absolute atomic E-state index is 0.160. The lowest BCUT2D eigenvalue weighted by molar-refractivity contribution is -0.135. The molecule has 0 radical (unpaired) electrons. The van der Waals surface area contributed by atoms with Crippen LogP contribution in [0, 0.1) is 17.2 Å². The molecule has 0 spiro atoms. The normalized spacial score (nSPS) is 21.9. The lowest BCUT2D eigenvalue weighted by atomic mass is 9.76. The number of aryl methyl sites for hydroxylation is 1. The van der Waals surface area contributed by atoms with E-state index in [1.54, 1.807) is 4.90 Å². The van der Waals surface area contributed by atoms with Gasteiger partial charge in [0.2, 0.25) is 5.91 Å². The maximum Gasteiger partial charge on any atom is 0.475 e. The van der Waals surface area contributed by atoms with Gasteiger partial charge in [0.25, 0.3) is 0 Å². The third-order valence-electron chi connectivity index (χ3n) is 8.06. The number of nitriles is 1. The number of carbonyl (C=O) groups excluding carboxylic acids is 2. The number of amides is 2. The molecular formula is C29H45BN4O6. The number of hydrogen-bond acceptors (Lipinski definition) is 8. The first-order chi connectivity index (χ1) is 19.1. The maximum atomic E-state index is 13.4. The first-order valence-corrected chi connectivity index (χ1v) is 14.5. The van der Waals surface area contributed by atoms with Crippen molar-refractivity contribution < 1.29 is 29.1 Å². The Hall–Kier alpha value is -2.65. The van der Waals surface area contributed by atoms with Crippen LogP contribution in [0.3, 0.4) is 0 Å². The van der Waals surface area contributed by atoms with Crippen LogP contribution in [0.5, 0.6) is 0 Å². The number of likely N-dealkylation sites (tertiary alicyclic amines) is 1. The van der Waals surface area contributed by atoms with Gasteiger partial charge in [0.1, 0.15) is 12.0 Å². The van der Waals surface area contributed by atoms with Crippen molar-refractivity contribution in [2.75, 3.05) is 32.8 Å². The van der Waals surface area contributed by atoms with Gasteiger partial charge in [-0.3, -0.25) is 9.69 Å². The Morgan fingerprint density at radius 2 is 1.95 bits per heavy atom. The predicted molar refractivity (Wildman–Crippen MR) is 152 cm³/mol. The van der Waals surface area contributed by atoms with Crippen LogP contribution in [-0.2, 0) is 20.7 Å². The average molecular weight is 557 g/mol. The van der Waals surface area contributed by atoms with Crippen LogP contribution in [0.2, 0.25) is 0 Å². The molecule has 0 aromatic heterocycles. The van der Waals surface area contributed by atoms with E-state index < -0.39 is 31.2 Å². The van der Waals surface area contributed by atoms with Crippen molar-refractivity contribution in [2.24, 2.45) is 5.92 Å². The molecule has 2 saturated heterocycles. The SMILES string of the molecule is C[C@@H]1CN(C(C)(C)CCC(C#N)C(=O)N2CCCC[C@@H](OC(=O)N[C@@H](CCc3ccccc3)B(O)O)C2)CCO1. The largest absolute Gasteiger partial charge is 0.475 e. The average Bonchev–Trinajstić information content (AvgIpc) is 3.17. The minimum atomic E-state index is -1.73. The zero-order valence-electron chi connectivity index (χ0n) is 24.1. The monoisotopic (exact) mass is 556 g/mol. The van der Waals surface area contributed by atoms with Crippen LogP contribution >= 0.6 is 0 Å². The highest BCUT2D eigenvalue weighted by Crippen LogP contribution is 2.27. The van der Waals surface area contributed by atoms with E-state index in [1.807, 2.05) is 30.3 Å². The van der Waals surface area contributed by atoms with Gasteiger partial charge in [0.05, 0.1) is 31.3 Å². The molecule has 1 aromatic carbocycles. The summed E-state index contributed by atoms with van der Waals surface area (Å²) in [6.07, 6.45) is 3.05. The van der Waals surface area contributed by atoms with E-state index in [1.165, 1.54) is 0 Å². The Labute approximate surface area is 238 Å². The molecule has 11 heteroatoms. The molecule has 3 N–H and O–H groups in total. The molecule has 1 unspecified atom stereocenters. The molecule has 2 amide bonds. The Kier molecular flexibility index (Phi) is 12.3. The molecule has 220 valence electrons. The van der Waals surface area contributed by atoms with Gasteiger partial charge in [0, 0.05) is 25.2 Å². The van der Waals surface area contributed by atoms with E-state index in [2.05, 4.69) is 37.1 Å². The molecule has 0 bridgehead atoms. The third-order valence-corrected chi connectivity index (χ3v) is 8.06. The summed E-state index contributed by atoms with van der Waals surface area (Å²) < 4.78 is 11.3. The smallest absolute Gasteiger partial charge is 0.444 e. The third kappa shape index (κ3) is 9.77. The first-order valence-electron chi connectivity index (χ1n) is 14.5. The summed E-state index contributed by atoms with van der Waals surface area (Å²) in [5.74, 6) is -1.88. The van der Waals surface area contributed by atoms with Gasteiger partial charge in [-0.2, -0.15) is 5.26 Å². The van der Waals surface area contributed by atoms with Crippen molar-refractivity contribution >= 4 is 19.1 Å². The van der Waals surface area contributed by atoms with Crippen molar-refractivity contribution in [2.45, 2.75) is 89.4 Å². The maximum absolute atomic E-state index is 13.4. The molecule has 10 nitrogen and oxygen atoms in total. The summed E-state index contributed by atoms with van der Waals surface area (Å²) in [6, 6.07) is 11.8. The highest BCUT2D eigenvalue weighted by atomic mass is 16.6. The summed E-state index contributed by atoms with van der Waals surface area (Å²) in [5, 5.41) is 32.0. The highest BCUT2D eigenvalue weighted by Gasteiger charge is 2.35. The summed E-state index contributed by atoms with van der Waals surface area (Å²) in [6.45, 7) is 9.41. The van der Waals surface area contributed by atoms with Crippen molar-refractivity contribution in [3.05, 3.63) is 35.9 Å². The van der Waals surface area contributed by atoms with Crippen LogP contribution in [0.15, 0.2) is 30.3 Å². The molecule has 2 heterocycles. The molecule has 3 rings (SSSR count). The van der Waals surface area contributed by atoms with Gasteiger partial charge in [-0.25, -0.2) is 4.79 Å². The van der Waals surface area contributed by atoms with E-state index in [0.29, 0.717) is 45.3 Å². The van der Waals surface area contributed by atoms with Crippen LogP contribution in [0.1, 0.15) is 64.9 Å². The molecule has 40 heavy (non-hydrogen) atoms. The summed E-state index contributed by atoms with van der Waals surface area (Å²) in [4.78, 5) is 30.1. The zero-order chi connectivity index (χ0) is 29.1. The number of morpholine rings is 1. The van der Waals surface area contributed by atoms with Crippen LogP contribution in [0.4, 0.5) is 4.79 Å². The van der Waals surface area contributed by atoms with E-state index in [4.69, 9.17) is 9.47 Å². The van der Waals surface area contributed by atoms with E-state index in [0.717, 1.165) is 31.5 Å². The number of nitrogens with one attached hydrogen (secondary N) is 1. The highest BCUT2D eigenvalue weighted by molar-refractivity contribution is 6.43. The van der Waals surface area contributed by atoms with Crippen molar-refractivity contribution in [3.8, 4) is 6.07 Å². The summed E-state index contributed by atoms with van der Waals surface area (Å²) in [5.41, 5.74) is 0.862. The topological polar surface area (TPSA) is 135 Å².